The van der Waals surface area contributed by atoms with Gasteiger partial charge in [-0.05, 0) is 37.5 Å². The topological polar surface area (TPSA) is 77.1 Å². The number of hydrogen-bond acceptors (Lipinski definition) is 4. The minimum absolute atomic E-state index is 0.192. The van der Waals surface area contributed by atoms with E-state index in [1.807, 2.05) is 39.0 Å². The number of fused-ring (bicyclic) bond motifs is 1. The molecule has 3 aromatic rings. The summed E-state index contributed by atoms with van der Waals surface area (Å²) in [7, 11) is 0. The Morgan fingerprint density at radius 2 is 2.08 bits per heavy atom. The van der Waals surface area contributed by atoms with E-state index in [9.17, 15) is 9.59 Å². The zero-order chi connectivity index (χ0) is 18.1. The number of carbonyl (C=O) groups is 1. The first-order valence-electron chi connectivity index (χ1n) is 8.23. The molecule has 25 heavy (non-hydrogen) atoms. The van der Waals surface area contributed by atoms with Gasteiger partial charge in [-0.3, -0.25) is 14.2 Å². The number of hydrogen-bond donors (Lipinski definition) is 1. The Balaban J connectivity index is 2.07. The third kappa shape index (κ3) is 3.33. The fourth-order valence-electron chi connectivity index (χ4n) is 2.85. The summed E-state index contributed by atoms with van der Waals surface area (Å²) in [5.41, 5.74) is 1.88. The van der Waals surface area contributed by atoms with Crippen molar-refractivity contribution in [3.63, 3.8) is 0 Å². The molecule has 0 atom stereocenters. The number of amides is 1. The Kier molecular flexibility index (Phi) is 4.44. The molecule has 0 aliphatic carbocycles. The van der Waals surface area contributed by atoms with Crippen LogP contribution in [-0.2, 0) is 6.54 Å². The molecule has 0 aliphatic rings. The maximum atomic E-state index is 12.8. The Morgan fingerprint density at radius 1 is 1.32 bits per heavy atom. The van der Waals surface area contributed by atoms with Gasteiger partial charge in [-0.1, -0.05) is 26.0 Å². The van der Waals surface area contributed by atoms with E-state index in [4.69, 9.17) is 4.42 Å². The lowest BCUT2D eigenvalue weighted by molar-refractivity contribution is 0.102. The molecule has 3 rings (SSSR count). The molecule has 0 saturated carbocycles. The molecule has 0 fully saturated rings. The van der Waals surface area contributed by atoms with Crippen molar-refractivity contribution >= 4 is 22.7 Å². The predicted molar refractivity (Wildman–Crippen MR) is 97.0 cm³/mol. The minimum Gasteiger partial charge on any atom is -0.442 e. The molecule has 0 aliphatic heterocycles. The number of aromatic nitrogens is 2. The molecule has 2 aromatic heterocycles. The molecule has 6 nitrogen and oxygen atoms in total. The maximum Gasteiger partial charge on any atom is 0.265 e. The van der Waals surface area contributed by atoms with Crippen LogP contribution in [0.1, 0.15) is 35.5 Å². The average molecular weight is 339 g/mol. The second-order valence-corrected chi connectivity index (χ2v) is 6.63. The van der Waals surface area contributed by atoms with Crippen molar-refractivity contribution in [1.29, 1.82) is 0 Å². The van der Waals surface area contributed by atoms with Crippen LogP contribution in [0.5, 0.6) is 0 Å². The van der Waals surface area contributed by atoms with Crippen LogP contribution in [0, 0.1) is 19.8 Å². The first kappa shape index (κ1) is 17.0. The summed E-state index contributed by atoms with van der Waals surface area (Å²) in [6.45, 7) is 8.18. The van der Waals surface area contributed by atoms with Gasteiger partial charge in [0.15, 0.2) is 0 Å². The molecular formula is C19H21N3O3. The van der Waals surface area contributed by atoms with Gasteiger partial charge in [-0.25, -0.2) is 4.98 Å². The van der Waals surface area contributed by atoms with Crippen molar-refractivity contribution in [2.45, 2.75) is 34.2 Å². The minimum atomic E-state index is -0.372. The van der Waals surface area contributed by atoms with Crippen LogP contribution in [-0.4, -0.2) is 15.5 Å². The van der Waals surface area contributed by atoms with Crippen LogP contribution < -0.4 is 10.9 Å². The fraction of sp³-hybridized carbons (Fsp3) is 0.316. The molecule has 1 aromatic carbocycles. The SMILES string of the molecule is Cc1cccc(NC(=O)c2c(C)oc3ncn(CC(C)C)c(=O)c23)c1. The first-order valence-corrected chi connectivity index (χ1v) is 8.23. The fourth-order valence-corrected chi connectivity index (χ4v) is 2.85. The van der Waals surface area contributed by atoms with Gasteiger partial charge in [0.1, 0.15) is 17.5 Å². The normalized spacial score (nSPS) is 11.2. The van der Waals surface area contributed by atoms with Gasteiger partial charge in [-0.15, -0.1) is 0 Å². The van der Waals surface area contributed by atoms with E-state index in [-0.39, 0.29) is 34.0 Å². The Morgan fingerprint density at radius 3 is 2.76 bits per heavy atom. The Bertz CT molecular complexity index is 999. The Hall–Kier alpha value is -2.89. The van der Waals surface area contributed by atoms with Gasteiger partial charge in [0.05, 0.1) is 5.56 Å². The summed E-state index contributed by atoms with van der Waals surface area (Å²) in [4.78, 5) is 29.7. The predicted octanol–water partition coefficient (Wildman–Crippen LogP) is 3.51. The largest absolute Gasteiger partial charge is 0.442 e. The number of anilines is 1. The van der Waals surface area contributed by atoms with Gasteiger partial charge in [-0.2, -0.15) is 0 Å². The standard InChI is InChI=1S/C19H21N3O3/c1-11(2)9-22-10-20-18-16(19(22)24)15(13(4)25-18)17(23)21-14-7-5-6-12(3)8-14/h5-8,10-11H,9H2,1-4H3,(H,21,23). The number of rotatable bonds is 4. The van der Waals surface area contributed by atoms with E-state index in [1.165, 1.54) is 10.9 Å². The quantitative estimate of drug-likeness (QED) is 0.789. The molecule has 0 spiro atoms. The highest BCUT2D eigenvalue weighted by molar-refractivity contribution is 6.12. The number of aryl methyl sites for hydroxylation is 2. The van der Waals surface area contributed by atoms with E-state index in [1.54, 1.807) is 13.0 Å². The van der Waals surface area contributed by atoms with Gasteiger partial charge in [0, 0.05) is 12.2 Å². The first-order chi connectivity index (χ1) is 11.9. The van der Waals surface area contributed by atoms with Crippen LogP contribution in [0.2, 0.25) is 0 Å². The molecule has 6 heteroatoms. The molecule has 130 valence electrons. The average Bonchev–Trinajstić information content (AvgIpc) is 2.87. The van der Waals surface area contributed by atoms with Gasteiger partial charge < -0.3 is 9.73 Å². The lowest BCUT2D eigenvalue weighted by Crippen LogP contribution is -2.24. The zero-order valence-corrected chi connectivity index (χ0v) is 14.8. The van der Waals surface area contributed by atoms with Crippen LogP contribution in [0.3, 0.4) is 0 Å². The zero-order valence-electron chi connectivity index (χ0n) is 14.8. The lowest BCUT2D eigenvalue weighted by atomic mass is 10.1. The molecule has 0 unspecified atom stereocenters. The number of furan rings is 1. The second kappa shape index (κ2) is 6.55. The van der Waals surface area contributed by atoms with Gasteiger partial charge in [0.25, 0.3) is 11.5 Å². The van der Waals surface area contributed by atoms with Crippen molar-refractivity contribution in [3.05, 3.63) is 57.8 Å². The number of carbonyl (C=O) groups excluding carboxylic acids is 1. The molecule has 0 radical (unpaired) electrons. The van der Waals surface area contributed by atoms with E-state index in [0.29, 0.717) is 18.0 Å². The van der Waals surface area contributed by atoms with E-state index >= 15 is 0 Å². The van der Waals surface area contributed by atoms with Gasteiger partial charge >= 0.3 is 0 Å². The molecule has 2 heterocycles. The Labute approximate surface area is 145 Å². The third-order valence-electron chi connectivity index (χ3n) is 3.92. The van der Waals surface area contributed by atoms with Crippen LogP contribution in [0.4, 0.5) is 5.69 Å². The van der Waals surface area contributed by atoms with E-state index in [2.05, 4.69) is 10.3 Å². The van der Waals surface area contributed by atoms with Gasteiger partial charge in [0.2, 0.25) is 5.71 Å². The smallest absolute Gasteiger partial charge is 0.265 e. The van der Waals surface area contributed by atoms with Crippen molar-refractivity contribution < 1.29 is 9.21 Å². The summed E-state index contributed by atoms with van der Waals surface area (Å²) < 4.78 is 7.06. The maximum absolute atomic E-state index is 12.8. The molecule has 1 amide bonds. The molecule has 1 N–H and O–H groups in total. The highest BCUT2D eigenvalue weighted by Gasteiger charge is 2.23. The third-order valence-corrected chi connectivity index (χ3v) is 3.92. The van der Waals surface area contributed by atoms with E-state index < -0.39 is 0 Å². The summed E-state index contributed by atoms with van der Waals surface area (Å²) in [6, 6.07) is 7.48. The highest BCUT2D eigenvalue weighted by Crippen LogP contribution is 2.22. The molecule has 0 saturated heterocycles. The summed E-state index contributed by atoms with van der Waals surface area (Å²) in [5, 5.41) is 3.06. The summed E-state index contributed by atoms with van der Waals surface area (Å²) >= 11 is 0. The van der Waals surface area contributed by atoms with Crippen molar-refractivity contribution in [3.8, 4) is 0 Å². The molecule has 0 bridgehead atoms. The molecular weight excluding hydrogens is 318 g/mol. The lowest BCUT2D eigenvalue weighted by Gasteiger charge is -2.08. The van der Waals surface area contributed by atoms with Crippen LogP contribution in [0.15, 0.2) is 39.8 Å². The number of nitrogens with one attached hydrogen (secondary N) is 1. The number of nitrogens with zero attached hydrogens (tertiary/aromatic N) is 2. The second-order valence-electron chi connectivity index (χ2n) is 6.63. The number of benzene rings is 1. The van der Waals surface area contributed by atoms with E-state index in [0.717, 1.165) is 5.56 Å². The highest BCUT2D eigenvalue weighted by atomic mass is 16.3. The van der Waals surface area contributed by atoms with Crippen LogP contribution in [0.25, 0.3) is 11.1 Å². The van der Waals surface area contributed by atoms with Crippen molar-refractivity contribution in [1.82, 2.24) is 9.55 Å². The van der Waals surface area contributed by atoms with Crippen molar-refractivity contribution in [2.24, 2.45) is 5.92 Å². The van der Waals surface area contributed by atoms with Crippen LogP contribution >= 0.6 is 0 Å². The monoisotopic (exact) mass is 339 g/mol. The summed E-state index contributed by atoms with van der Waals surface area (Å²) in [5.74, 6) is 0.296. The summed E-state index contributed by atoms with van der Waals surface area (Å²) in [6.07, 6.45) is 1.47. The van der Waals surface area contributed by atoms with Crippen molar-refractivity contribution in [2.75, 3.05) is 5.32 Å².